The van der Waals surface area contributed by atoms with Crippen LogP contribution in [-0.4, -0.2) is 37.9 Å². The van der Waals surface area contributed by atoms with Crippen LogP contribution in [0.1, 0.15) is 40.3 Å². The highest BCUT2D eigenvalue weighted by Gasteiger charge is 2.23. The molecule has 4 rings (SSSR count). The topological polar surface area (TPSA) is 101 Å². The molecule has 0 aliphatic rings. The van der Waals surface area contributed by atoms with Crippen LogP contribution in [0, 0.1) is 6.92 Å². The molecular formula is C24H24FN7O. The fraction of sp³-hybridized carbons (Fsp3) is 0.208. The Morgan fingerprint density at radius 3 is 2.55 bits per heavy atom. The molecule has 9 heteroatoms. The number of hydrogen-bond donors (Lipinski definition) is 1. The molecule has 0 radical (unpaired) electrons. The van der Waals surface area contributed by atoms with Gasteiger partial charge in [-0.15, -0.1) is 0 Å². The molecule has 1 amide bonds. The van der Waals surface area contributed by atoms with E-state index in [4.69, 9.17) is 5.73 Å². The summed E-state index contributed by atoms with van der Waals surface area (Å²) >= 11 is 0. The molecule has 168 valence electrons. The number of hydrazine groups is 1. The van der Waals surface area contributed by atoms with Gasteiger partial charge < -0.3 is 5.73 Å². The molecule has 0 spiro atoms. The third-order valence-corrected chi connectivity index (χ3v) is 5.35. The van der Waals surface area contributed by atoms with Crippen molar-refractivity contribution in [1.82, 2.24) is 24.9 Å². The number of nitrogens with two attached hydrogens (primary N) is 1. The Labute approximate surface area is 190 Å². The van der Waals surface area contributed by atoms with Gasteiger partial charge in [0.05, 0.1) is 17.8 Å². The second-order valence-electron chi connectivity index (χ2n) is 7.73. The van der Waals surface area contributed by atoms with Gasteiger partial charge in [-0.3, -0.25) is 14.8 Å². The number of pyridine rings is 2. The summed E-state index contributed by atoms with van der Waals surface area (Å²) in [6.07, 6.45) is 3.57. The minimum atomic E-state index is -1.12. The average Bonchev–Trinajstić information content (AvgIpc) is 2.83. The number of benzene rings is 1. The number of nitrogens with zero attached hydrogens (tertiary/aromatic N) is 6. The van der Waals surface area contributed by atoms with Gasteiger partial charge in [0.2, 0.25) is 5.95 Å². The minimum absolute atomic E-state index is 0.144. The van der Waals surface area contributed by atoms with Crippen molar-refractivity contribution in [3.05, 3.63) is 83.4 Å². The zero-order chi connectivity index (χ0) is 23.5. The molecule has 3 heterocycles. The molecule has 3 aromatic heterocycles. The lowest BCUT2D eigenvalue weighted by Crippen LogP contribution is -2.45. The number of nitrogen functional groups attached to an aromatic ring is 1. The Bertz CT molecular complexity index is 1280. The van der Waals surface area contributed by atoms with Crippen molar-refractivity contribution in [2.45, 2.75) is 26.6 Å². The maximum atomic E-state index is 13.6. The van der Waals surface area contributed by atoms with Crippen LogP contribution in [0.2, 0.25) is 0 Å². The quantitative estimate of drug-likeness (QED) is 0.447. The monoisotopic (exact) mass is 445 g/mol. The molecule has 1 unspecified atom stereocenters. The van der Waals surface area contributed by atoms with Crippen molar-refractivity contribution >= 4 is 28.6 Å². The summed E-state index contributed by atoms with van der Waals surface area (Å²) in [6, 6.07) is 12.2. The number of rotatable bonds is 6. The van der Waals surface area contributed by atoms with E-state index in [1.807, 2.05) is 13.0 Å². The third kappa shape index (κ3) is 4.72. The van der Waals surface area contributed by atoms with E-state index in [0.29, 0.717) is 34.1 Å². The highest BCUT2D eigenvalue weighted by Crippen LogP contribution is 2.22. The van der Waals surface area contributed by atoms with Crippen LogP contribution in [0.3, 0.4) is 0 Å². The molecule has 0 saturated carbocycles. The highest BCUT2D eigenvalue weighted by molar-refractivity contribution is 5.98. The Hall–Kier alpha value is -4.14. The second-order valence-corrected chi connectivity index (χ2v) is 7.73. The number of fused-ring (bicyclic) bond motifs is 1. The minimum Gasteiger partial charge on any atom is -0.383 e. The first-order valence-corrected chi connectivity index (χ1v) is 10.4. The van der Waals surface area contributed by atoms with Gasteiger partial charge in [-0.1, -0.05) is 6.07 Å². The predicted molar refractivity (Wildman–Crippen MR) is 125 cm³/mol. The van der Waals surface area contributed by atoms with Crippen LogP contribution in [0.25, 0.3) is 10.9 Å². The normalized spacial score (nSPS) is 11.9. The number of aromatic nitrogens is 4. The van der Waals surface area contributed by atoms with Gasteiger partial charge in [0.15, 0.2) is 0 Å². The van der Waals surface area contributed by atoms with Gasteiger partial charge >= 0.3 is 0 Å². The van der Waals surface area contributed by atoms with Crippen molar-refractivity contribution in [3.63, 3.8) is 0 Å². The molecule has 2 N–H and O–H groups in total. The lowest BCUT2D eigenvalue weighted by Gasteiger charge is -2.31. The smallest absolute Gasteiger partial charge is 0.272 e. The summed E-state index contributed by atoms with van der Waals surface area (Å²) in [4.78, 5) is 30.8. The lowest BCUT2D eigenvalue weighted by atomic mass is 10.1. The fourth-order valence-electron chi connectivity index (χ4n) is 3.38. The molecule has 8 nitrogen and oxygen atoms in total. The molecule has 1 atom stereocenters. The SMILES string of the molecule is Cc1cc2cc(C(=O)N(Cc3ccc(C(C)F)cn3)N(C)c3ncccn3)ccc2nc1N. The largest absolute Gasteiger partial charge is 0.383 e. The molecule has 0 aliphatic heterocycles. The van der Waals surface area contributed by atoms with Gasteiger partial charge in [-0.25, -0.2) is 24.4 Å². The van der Waals surface area contributed by atoms with Crippen LogP contribution in [0.5, 0.6) is 0 Å². The van der Waals surface area contributed by atoms with Crippen molar-refractivity contribution < 1.29 is 9.18 Å². The number of halogens is 1. The lowest BCUT2D eigenvalue weighted by molar-refractivity contribution is 0.0727. The first-order chi connectivity index (χ1) is 15.8. The van der Waals surface area contributed by atoms with Gasteiger partial charge in [-0.2, -0.15) is 0 Å². The summed E-state index contributed by atoms with van der Waals surface area (Å²) in [5.41, 5.74) is 9.00. The van der Waals surface area contributed by atoms with E-state index in [2.05, 4.69) is 19.9 Å². The third-order valence-electron chi connectivity index (χ3n) is 5.35. The number of alkyl halides is 1. The first-order valence-electron chi connectivity index (χ1n) is 10.4. The summed E-state index contributed by atoms with van der Waals surface area (Å²) in [6.45, 7) is 3.47. The number of carbonyl (C=O) groups is 1. The van der Waals surface area contributed by atoms with Gasteiger partial charge in [-0.05, 0) is 55.8 Å². The van der Waals surface area contributed by atoms with Crippen LogP contribution in [0.15, 0.2) is 61.1 Å². The summed E-state index contributed by atoms with van der Waals surface area (Å²) < 4.78 is 13.6. The van der Waals surface area contributed by atoms with Crippen LogP contribution < -0.4 is 10.7 Å². The highest BCUT2D eigenvalue weighted by atomic mass is 19.1. The Kier molecular flexibility index (Phi) is 6.12. The van der Waals surface area contributed by atoms with E-state index >= 15 is 0 Å². The van der Waals surface area contributed by atoms with E-state index in [1.54, 1.807) is 60.8 Å². The molecule has 0 aliphatic carbocycles. The Morgan fingerprint density at radius 1 is 1.12 bits per heavy atom. The van der Waals surface area contributed by atoms with Crippen LogP contribution in [0.4, 0.5) is 16.2 Å². The Morgan fingerprint density at radius 2 is 1.88 bits per heavy atom. The number of anilines is 2. The van der Waals surface area contributed by atoms with E-state index in [0.717, 1.165) is 10.9 Å². The molecule has 4 aromatic rings. The van der Waals surface area contributed by atoms with E-state index in [-0.39, 0.29) is 12.5 Å². The van der Waals surface area contributed by atoms with Crippen molar-refractivity contribution in [2.75, 3.05) is 17.8 Å². The standard InChI is InChI=1S/C24H24FN7O/c1-15-11-19-12-17(6-8-21(19)30-22(15)26)23(33)32(31(3)24-27-9-4-10-28-24)14-20-7-5-18(13-29-20)16(2)25/h4-13,16H,14H2,1-3H3,(H2,26,30). The number of hydrogen-bond acceptors (Lipinski definition) is 7. The van der Waals surface area contributed by atoms with E-state index in [1.165, 1.54) is 18.1 Å². The second kappa shape index (κ2) is 9.15. The van der Waals surface area contributed by atoms with Crippen molar-refractivity contribution in [2.24, 2.45) is 0 Å². The molecule has 0 fully saturated rings. The maximum Gasteiger partial charge on any atom is 0.272 e. The molecular weight excluding hydrogens is 421 g/mol. The zero-order valence-electron chi connectivity index (χ0n) is 18.6. The summed E-state index contributed by atoms with van der Waals surface area (Å²) in [5.74, 6) is 0.540. The van der Waals surface area contributed by atoms with Crippen molar-refractivity contribution in [3.8, 4) is 0 Å². The van der Waals surface area contributed by atoms with Crippen LogP contribution in [-0.2, 0) is 6.54 Å². The molecule has 0 saturated heterocycles. The van der Waals surface area contributed by atoms with Crippen molar-refractivity contribution in [1.29, 1.82) is 0 Å². The fourth-order valence-corrected chi connectivity index (χ4v) is 3.38. The van der Waals surface area contributed by atoms with Gasteiger partial charge in [0.1, 0.15) is 12.0 Å². The van der Waals surface area contributed by atoms with Gasteiger partial charge in [0, 0.05) is 42.2 Å². The average molecular weight is 446 g/mol. The number of aryl methyl sites for hydroxylation is 1. The first kappa shape index (κ1) is 22.1. The Balaban J connectivity index is 1.70. The van der Waals surface area contributed by atoms with E-state index < -0.39 is 6.17 Å². The van der Waals surface area contributed by atoms with Crippen LogP contribution >= 0.6 is 0 Å². The predicted octanol–water partition coefficient (Wildman–Crippen LogP) is 4.03. The summed E-state index contributed by atoms with van der Waals surface area (Å²) in [7, 11) is 1.71. The maximum absolute atomic E-state index is 13.6. The number of carbonyl (C=O) groups excluding carboxylic acids is 1. The molecule has 1 aromatic carbocycles. The summed E-state index contributed by atoms with van der Waals surface area (Å²) in [5, 5.41) is 3.88. The molecule has 33 heavy (non-hydrogen) atoms. The number of amides is 1. The van der Waals surface area contributed by atoms with E-state index in [9.17, 15) is 9.18 Å². The zero-order valence-corrected chi connectivity index (χ0v) is 18.6. The molecule has 0 bridgehead atoms. The van der Waals surface area contributed by atoms with Gasteiger partial charge in [0.25, 0.3) is 5.91 Å².